The summed E-state index contributed by atoms with van der Waals surface area (Å²) in [5.41, 5.74) is 2.42. The molecule has 2 aliphatic rings. The summed E-state index contributed by atoms with van der Waals surface area (Å²) in [6.07, 6.45) is 12.5. The van der Waals surface area contributed by atoms with Crippen LogP contribution in [0.3, 0.4) is 0 Å². The molecule has 3 aromatic heterocycles. The van der Waals surface area contributed by atoms with Crippen LogP contribution >= 0.6 is 11.3 Å². The minimum atomic E-state index is 0.516. The van der Waals surface area contributed by atoms with Gasteiger partial charge < -0.3 is 10.6 Å². The molecule has 0 bridgehead atoms. The standard InChI is InChI=1S/C21H28N6S/c1-3-27-12-15(11-22-27)24-21-25-19(23-14-9-7-13(2)8-10-14)18-16-5-4-6-17(16)28-20(18)26-21/h11-14H,3-10H2,1-2H3,(H2,23,24,25,26). The first-order valence-corrected chi connectivity index (χ1v) is 11.4. The van der Waals surface area contributed by atoms with E-state index in [0.29, 0.717) is 12.0 Å². The van der Waals surface area contributed by atoms with Gasteiger partial charge in [0.1, 0.15) is 10.6 Å². The lowest BCUT2D eigenvalue weighted by atomic mass is 9.87. The van der Waals surface area contributed by atoms with Gasteiger partial charge in [-0.25, -0.2) is 4.98 Å². The van der Waals surface area contributed by atoms with Gasteiger partial charge in [-0.1, -0.05) is 6.92 Å². The second-order valence-electron chi connectivity index (χ2n) is 8.24. The van der Waals surface area contributed by atoms with Gasteiger partial charge in [0, 0.05) is 23.7 Å². The highest BCUT2D eigenvalue weighted by atomic mass is 32.1. The lowest BCUT2D eigenvalue weighted by molar-refractivity contribution is 0.361. The molecule has 148 valence electrons. The molecular formula is C21H28N6S. The van der Waals surface area contributed by atoms with E-state index >= 15 is 0 Å². The monoisotopic (exact) mass is 396 g/mol. The summed E-state index contributed by atoms with van der Waals surface area (Å²) in [4.78, 5) is 12.4. The summed E-state index contributed by atoms with van der Waals surface area (Å²) in [7, 11) is 0. The van der Waals surface area contributed by atoms with E-state index in [1.54, 1.807) is 0 Å². The lowest BCUT2D eigenvalue weighted by Gasteiger charge is -2.27. The Kier molecular flexibility index (Phi) is 4.70. The number of thiophene rings is 1. The van der Waals surface area contributed by atoms with Gasteiger partial charge in [-0.15, -0.1) is 11.3 Å². The van der Waals surface area contributed by atoms with E-state index in [0.717, 1.165) is 35.2 Å². The Morgan fingerprint density at radius 2 is 2.04 bits per heavy atom. The van der Waals surface area contributed by atoms with E-state index in [9.17, 15) is 0 Å². The topological polar surface area (TPSA) is 67.7 Å². The second-order valence-corrected chi connectivity index (χ2v) is 9.33. The molecule has 28 heavy (non-hydrogen) atoms. The Labute approximate surface area is 169 Å². The summed E-state index contributed by atoms with van der Waals surface area (Å²) in [5, 5.41) is 12.8. The molecule has 3 heterocycles. The van der Waals surface area contributed by atoms with Crippen molar-refractivity contribution in [2.24, 2.45) is 5.92 Å². The fraction of sp³-hybridized carbons (Fsp3) is 0.571. The van der Waals surface area contributed by atoms with Gasteiger partial charge in [0.05, 0.1) is 17.3 Å². The van der Waals surface area contributed by atoms with Gasteiger partial charge in [-0.2, -0.15) is 10.1 Å². The zero-order valence-electron chi connectivity index (χ0n) is 16.7. The zero-order valence-corrected chi connectivity index (χ0v) is 17.5. The molecule has 0 amide bonds. The van der Waals surface area contributed by atoms with Gasteiger partial charge in [0.2, 0.25) is 5.95 Å². The van der Waals surface area contributed by atoms with Crippen molar-refractivity contribution in [1.82, 2.24) is 19.7 Å². The third-order valence-electron chi connectivity index (χ3n) is 6.13. The Morgan fingerprint density at radius 1 is 1.18 bits per heavy atom. The smallest absolute Gasteiger partial charge is 0.230 e. The van der Waals surface area contributed by atoms with Crippen LogP contribution in [0.4, 0.5) is 17.5 Å². The maximum Gasteiger partial charge on any atom is 0.230 e. The maximum absolute atomic E-state index is 4.93. The fourth-order valence-corrected chi connectivity index (χ4v) is 5.75. The zero-order chi connectivity index (χ0) is 19.1. The van der Waals surface area contributed by atoms with Crippen molar-refractivity contribution in [2.45, 2.75) is 71.4 Å². The molecule has 2 N–H and O–H groups in total. The van der Waals surface area contributed by atoms with Crippen LogP contribution in [-0.4, -0.2) is 25.8 Å². The van der Waals surface area contributed by atoms with Crippen molar-refractivity contribution in [2.75, 3.05) is 10.6 Å². The first-order chi connectivity index (χ1) is 13.7. The molecule has 0 atom stereocenters. The largest absolute Gasteiger partial charge is 0.367 e. The Morgan fingerprint density at radius 3 is 2.82 bits per heavy atom. The third-order valence-corrected chi connectivity index (χ3v) is 7.32. The van der Waals surface area contributed by atoms with E-state index in [4.69, 9.17) is 9.97 Å². The van der Waals surface area contributed by atoms with Gasteiger partial charge >= 0.3 is 0 Å². The van der Waals surface area contributed by atoms with Crippen LogP contribution in [0.5, 0.6) is 0 Å². The average Bonchev–Trinajstić information content (AvgIpc) is 3.39. The molecule has 1 fully saturated rings. The summed E-state index contributed by atoms with van der Waals surface area (Å²) >= 11 is 1.85. The maximum atomic E-state index is 4.93. The fourth-order valence-electron chi connectivity index (χ4n) is 4.48. The predicted octanol–water partition coefficient (Wildman–Crippen LogP) is 5.13. The molecule has 1 saturated carbocycles. The molecule has 7 heteroatoms. The molecular weight excluding hydrogens is 368 g/mol. The van der Waals surface area contributed by atoms with E-state index in [1.165, 1.54) is 54.4 Å². The Bertz CT molecular complexity index is 982. The minimum Gasteiger partial charge on any atom is -0.367 e. The van der Waals surface area contributed by atoms with Crippen LogP contribution in [0.15, 0.2) is 12.4 Å². The average molecular weight is 397 g/mol. The summed E-state index contributed by atoms with van der Waals surface area (Å²) in [6, 6.07) is 0.516. The quantitative estimate of drug-likeness (QED) is 0.626. The summed E-state index contributed by atoms with van der Waals surface area (Å²) in [5.74, 6) is 2.53. The first-order valence-electron chi connectivity index (χ1n) is 10.6. The molecule has 0 spiro atoms. The van der Waals surface area contributed by atoms with Gasteiger partial charge in [-0.3, -0.25) is 4.68 Å². The Balaban J connectivity index is 1.49. The van der Waals surface area contributed by atoms with Crippen molar-refractivity contribution in [1.29, 1.82) is 0 Å². The molecule has 0 radical (unpaired) electrons. The van der Waals surface area contributed by atoms with Crippen LogP contribution < -0.4 is 10.6 Å². The molecule has 3 aromatic rings. The predicted molar refractivity (Wildman–Crippen MR) is 116 cm³/mol. The van der Waals surface area contributed by atoms with Crippen LogP contribution in [-0.2, 0) is 19.4 Å². The molecule has 0 saturated heterocycles. The minimum absolute atomic E-state index is 0.516. The number of rotatable bonds is 5. The number of hydrogen-bond donors (Lipinski definition) is 2. The number of aromatic nitrogens is 4. The number of nitrogens with zero attached hydrogens (tertiary/aromatic N) is 4. The molecule has 5 rings (SSSR count). The highest BCUT2D eigenvalue weighted by molar-refractivity contribution is 7.19. The molecule has 0 aliphatic heterocycles. The Hall–Kier alpha value is -2.15. The van der Waals surface area contributed by atoms with Gasteiger partial charge in [-0.05, 0) is 63.4 Å². The van der Waals surface area contributed by atoms with Gasteiger partial charge in [0.15, 0.2) is 0 Å². The van der Waals surface area contributed by atoms with E-state index in [2.05, 4.69) is 29.6 Å². The van der Waals surface area contributed by atoms with Crippen LogP contribution in [0.25, 0.3) is 10.2 Å². The van der Waals surface area contributed by atoms with E-state index in [-0.39, 0.29) is 0 Å². The number of fused-ring (bicyclic) bond motifs is 3. The first kappa shape index (κ1) is 17.9. The van der Waals surface area contributed by atoms with Crippen LogP contribution in [0, 0.1) is 5.92 Å². The normalized spacial score (nSPS) is 21.8. The van der Waals surface area contributed by atoms with Crippen molar-refractivity contribution < 1.29 is 0 Å². The summed E-state index contributed by atoms with van der Waals surface area (Å²) < 4.78 is 1.91. The molecule has 2 aliphatic carbocycles. The molecule has 6 nitrogen and oxygen atoms in total. The second kappa shape index (κ2) is 7.35. The third kappa shape index (κ3) is 3.36. The van der Waals surface area contributed by atoms with Crippen molar-refractivity contribution in [3.63, 3.8) is 0 Å². The highest BCUT2D eigenvalue weighted by Gasteiger charge is 2.25. The molecule has 0 unspecified atom stereocenters. The SMILES string of the molecule is CCn1cc(Nc2nc(NC3CCC(C)CC3)c3c4c(sc3n2)CCC4)cn1. The number of nitrogens with one attached hydrogen (secondary N) is 2. The van der Waals surface area contributed by atoms with Crippen LogP contribution in [0.1, 0.15) is 56.4 Å². The van der Waals surface area contributed by atoms with Crippen LogP contribution in [0.2, 0.25) is 0 Å². The highest BCUT2D eigenvalue weighted by Crippen LogP contribution is 2.41. The van der Waals surface area contributed by atoms with E-state index < -0.39 is 0 Å². The van der Waals surface area contributed by atoms with Gasteiger partial charge in [0.25, 0.3) is 0 Å². The number of aryl methyl sites for hydroxylation is 3. The summed E-state index contributed by atoms with van der Waals surface area (Å²) in [6.45, 7) is 5.30. The number of hydrogen-bond acceptors (Lipinski definition) is 6. The lowest BCUT2D eigenvalue weighted by Crippen LogP contribution is -2.26. The number of anilines is 3. The molecule has 0 aromatic carbocycles. The van der Waals surface area contributed by atoms with Crippen molar-refractivity contribution >= 4 is 39.0 Å². The van der Waals surface area contributed by atoms with Crippen molar-refractivity contribution in [3.05, 3.63) is 22.8 Å². The van der Waals surface area contributed by atoms with Crippen molar-refractivity contribution in [3.8, 4) is 0 Å². The van der Waals surface area contributed by atoms with E-state index in [1.807, 2.05) is 28.4 Å².